The molecular weight excluding hydrogens is 841 g/mol. The minimum Gasteiger partial charge on any atom is -0.294 e. The van der Waals surface area contributed by atoms with Crippen molar-refractivity contribution in [2.75, 3.05) is 0 Å². The second-order valence-electron chi connectivity index (χ2n) is 18.7. The number of rotatable bonds is 6. The van der Waals surface area contributed by atoms with Crippen LogP contribution in [0.1, 0.15) is 139 Å². The van der Waals surface area contributed by atoms with E-state index in [0.29, 0.717) is 33.2 Å². The first-order chi connectivity index (χ1) is 24.2. The van der Waals surface area contributed by atoms with E-state index in [2.05, 4.69) is 164 Å². The van der Waals surface area contributed by atoms with Gasteiger partial charge in [0.05, 0.1) is 7.57 Å². The Kier molecular flexibility index (Phi) is 11.5. The molecule has 8 heteroatoms. The molecule has 2 nitrogen and oxygen atoms in total. The van der Waals surface area contributed by atoms with Crippen molar-refractivity contribution in [2.45, 2.75) is 142 Å². The summed E-state index contributed by atoms with van der Waals surface area (Å²) in [5.74, 6) is 9.05. The summed E-state index contributed by atoms with van der Waals surface area (Å²) in [6.07, 6.45) is 0. The van der Waals surface area contributed by atoms with Crippen LogP contribution in [0.2, 0.25) is 33.2 Å². The van der Waals surface area contributed by atoms with Gasteiger partial charge in [-0.1, -0.05) is 96.9 Å². The number of fused-ring (bicyclic) bond motifs is 9. The summed E-state index contributed by atoms with van der Waals surface area (Å²) in [4.78, 5) is 32.3. The molecule has 2 aromatic heterocycles. The topological polar surface area (TPSA) is 34.1 Å². The number of carbonyl (C=O) groups is 2. The Hall–Kier alpha value is -0.746. The van der Waals surface area contributed by atoms with Gasteiger partial charge in [-0.3, -0.25) is 9.59 Å². The van der Waals surface area contributed by atoms with Crippen LogP contribution in [-0.2, 0) is 0 Å². The molecule has 0 amide bonds. The first-order valence-corrected chi connectivity index (χ1v) is 27.7. The molecular formula is C44H60Br2O2S2Si2. The molecule has 0 radical (unpaired) electrons. The molecule has 6 rings (SSSR count). The third-order valence-corrected chi connectivity index (χ3v) is 31.1. The van der Waals surface area contributed by atoms with Gasteiger partial charge in [0.1, 0.15) is 16.1 Å². The smallest absolute Gasteiger partial charge is 0.168 e. The number of ketones is 2. The number of carbonyl (C=O) groups excluding carboxylic acids is 2. The maximum absolute atomic E-state index is 14.9. The lowest BCUT2D eigenvalue weighted by Crippen LogP contribution is -2.56. The number of Topliss-reactive ketones (excluding diaryl/α,β-unsaturated/α-hetero) is 2. The Morgan fingerprint density at radius 1 is 0.538 bits per heavy atom. The fourth-order valence-corrected chi connectivity index (χ4v) is 27.3. The van der Waals surface area contributed by atoms with Crippen LogP contribution in [0.4, 0.5) is 0 Å². The van der Waals surface area contributed by atoms with Crippen LogP contribution in [0, 0.1) is 70.3 Å². The summed E-state index contributed by atoms with van der Waals surface area (Å²) in [5.41, 5.74) is 13.3. The van der Waals surface area contributed by atoms with Crippen LogP contribution in [0.3, 0.4) is 0 Å². The Balaban J connectivity index is 1.65. The van der Waals surface area contributed by atoms with Crippen molar-refractivity contribution >= 4 is 82.2 Å². The van der Waals surface area contributed by atoms with Gasteiger partial charge in [0, 0.05) is 56.4 Å². The zero-order valence-electron chi connectivity index (χ0n) is 33.8. The van der Waals surface area contributed by atoms with E-state index in [4.69, 9.17) is 0 Å². The van der Waals surface area contributed by atoms with Gasteiger partial charge in [0.15, 0.2) is 11.6 Å². The van der Waals surface area contributed by atoms with E-state index in [0.717, 1.165) is 18.7 Å². The van der Waals surface area contributed by atoms with Gasteiger partial charge in [-0.25, -0.2) is 0 Å². The standard InChI is InChI=1S/C44H60Br2O2S2Si2/c1-21(2)51(22(3)4,23(5)6)17-15-29-27(13)35-40(42(48)32-20-33(45)49-43(32)35)38-30(16-18-52(24(7)8,25(9)10)26(11)12)28(14)36-39(37(29)38)41(47)31-19-34(46)50-44(31)36/h19-30,35-40H,1-14H3. The lowest BCUT2D eigenvalue weighted by molar-refractivity contribution is -0.0419. The van der Waals surface area contributed by atoms with Crippen LogP contribution < -0.4 is 0 Å². The first kappa shape index (κ1) is 40.9. The van der Waals surface area contributed by atoms with Gasteiger partial charge in [0.25, 0.3) is 0 Å². The highest BCUT2D eigenvalue weighted by molar-refractivity contribution is 9.11. The molecule has 0 bridgehead atoms. The van der Waals surface area contributed by atoms with Crippen molar-refractivity contribution in [1.82, 2.24) is 0 Å². The van der Waals surface area contributed by atoms with Gasteiger partial charge in [-0.15, -0.1) is 45.6 Å². The van der Waals surface area contributed by atoms with E-state index in [-0.39, 0.29) is 70.7 Å². The molecule has 282 valence electrons. The average Bonchev–Trinajstić information content (AvgIpc) is 3.75. The minimum absolute atomic E-state index is 0.0112. The molecule has 0 aliphatic heterocycles. The van der Waals surface area contributed by atoms with E-state index >= 15 is 0 Å². The van der Waals surface area contributed by atoms with Crippen molar-refractivity contribution in [1.29, 1.82) is 0 Å². The quantitative estimate of drug-likeness (QED) is 0.214. The summed E-state index contributed by atoms with van der Waals surface area (Å²) in [7, 11) is -4.15. The molecule has 2 heterocycles. The van der Waals surface area contributed by atoms with E-state index in [1.54, 1.807) is 22.7 Å². The Morgan fingerprint density at radius 2 is 0.827 bits per heavy atom. The third-order valence-electron chi connectivity index (χ3n) is 15.0. The summed E-state index contributed by atoms with van der Waals surface area (Å²) in [6.45, 7) is 33.5. The van der Waals surface area contributed by atoms with Crippen molar-refractivity contribution in [3.05, 3.63) is 40.6 Å². The molecule has 0 N–H and O–H groups in total. The van der Waals surface area contributed by atoms with Crippen LogP contribution in [0.15, 0.2) is 19.7 Å². The zero-order chi connectivity index (χ0) is 38.5. The van der Waals surface area contributed by atoms with Gasteiger partial charge >= 0.3 is 0 Å². The van der Waals surface area contributed by atoms with Crippen molar-refractivity contribution < 1.29 is 9.59 Å². The van der Waals surface area contributed by atoms with Crippen molar-refractivity contribution in [3.8, 4) is 22.9 Å². The van der Waals surface area contributed by atoms with Gasteiger partial charge in [-0.2, -0.15) is 0 Å². The summed E-state index contributed by atoms with van der Waals surface area (Å²) >= 11 is 11.0. The maximum atomic E-state index is 14.9. The van der Waals surface area contributed by atoms with Gasteiger partial charge < -0.3 is 0 Å². The molecule has 2 saturated carbocycles. The summed E-state index contributed by atoms with van der Waals surface area (Å²) < 4.78 is 2.06. The summed E-state index contributed by atoms with van der Waals surface area (Å²) in [5, 5.41) is 0. The monoisotopic (exact) mass is 898 g/mol. The maximum Gasteiger partial charge on any atom is 0.168 e. The van der Waals surface area contributed by atoms with Crippen molar-refractivity contribution in [3.63, 3.8) is 0 Å². The third kappa shape index (κ3) is 5.91. The minimum atomic E-state index is -2.07. The predicted octanol–water partition coefficient (Wildman–Crippen LogP) is 14.0. The van der Waals surface area contributed by atoms with Crippen LogP contribution in [0.5, 0.6) is 0 Å². The van der Waals surface area contributed by atoms with Crippen LogP contribution in [0.25, 0.3) is 0 Å². The fraction of sp³-hybridized carbons (Fsp3) is 0.682. The molecule has 52 heavy (non-hydrogen) atoms. The van der Waals surface area contributed by atoms with Crippen LogP contribution in [-0.4, -0.2) is 27.7 Å². The normalized spacial score (nSPS) is 31.1. The van der Waals surface area contributed by atoms with Gasteiger partial charge in [0.2, 0.25) is 0 Å². The molecule has 4 aliphatic rings. The zero-order valence-corrected chi connectivity index (χ0v) is 40.6. The van der Waals surface area contributed by atoms with E-state index in [1.165, 1.54) is 9.75 Å². The predicted molar refractivity (Wildman–Crippen MR) is 235 cm³/mol. The number of halogens is 2. The van der Waals surface area contributed by atoms with Crippen molar-refractivity contribution in [2.24, 2.45) is 47.3 Å². The molecule has 0 aromatic carbocycles. The van der Waals surface area contributed by atoms with E-state index in [9.17, 15) is 9.59 Å². The molecule has 2 fully saturated rings. The Labute approximate surface area is 342 Å². The van der Waals surface area contributed by atoms with E-state index < -0.39 is 16.1 Å². The number of hydrogen-bond acceptors (Lipinski definition) is 4. The molecule has 2 aromatic rings. The highest BCUT2D eigenvalue weighted by Gasteiger charge is 2.66. The Bertz CT molecular complexity index is 1680. The molecule has 10 atom stereocenters. The average molecular weight is 901 g/mol. The Morgan fingerprint density at radius 3 is 1.10 bits per heavy atom. The van der Waals surface area contributed by atoms with E-state index in [1.807, 2.05) is 0 Å². The fourth-order valence-electron chi connectivity index (χ4n) is 12.9. The van der Waals surface area contributed by atoms with Gasteiger partial charge in [-0.05, 0) is 101 Å². The number of hydrogen-bond donors (Lipinski definition) is 0. The second-order valence-corrected chi connectivity index (χ2v) is 34.8. The molecule has 10 unspecified atom stereocenters. The molecule has 4 aliphatic carbocycles. The lowest BCUT2D eigenvalue weighted by Gasteiger charge is -2.56. The van der Waals surface area contributed by atoms with Crippen LogP contribution >= 0.6 is 54.5 Å². The highest BCUT2D eigenvalue weighted by Crippen LogP contribution is 2.68. The molecule has 0 spiro atoms. The SMILES string of the molecule is CC1C(C#C[Si](C(C)C)(C(C)C)C(C)C)C2C3C(=O)c4cc(Br)sc4C3C(C)C(C#C[Si](C(C)C)(C(C)C)C(C)C)C2C2C(=O)c3cc(Br)sc3C12. The summed E-state index contributed by atoms with van der Waals surface area (Å²) in [6, 6.07) is 4.16. The highest BCUT2D eigenvalue weighted by atomic mass is 79.9. The second kappa shape index (κ2) is 14.6. The number of thiophene rings is 2. The molecule has 0 saturated heterocycles. The lowest BCUT2D eigenvalue weighted by atomic mass is 9.46. The first-order valence-electron chi connectivity index (χ1n) is 20.0. The largest absolute Gasteiger partial charge is 0.294 e.